The SMILES string of the molecule is Cn1cc(-c2ccc3cnc(NC(=O)c4ccc5ocnc5c4)nc3c2)cn1. The summed E-state index contributed by atoms with van der Waals surface area (Å²) >= 11 is 0. The molecule has 0 atom stereocenters. The van der Waals surface area contributed by atoms with Gasteiger partial charge < -0.3 is 4.42 Å². The maximum atomic E-state index is 12.5. The zero-order valence-electron chi connectivity index (χ0n) is 14.8. The molecule has 8 nitrogen and oxygen atoms in total. The lowest BCUT2D eigenvalue weighted by Crippen LogP contribution is -2.14. The summed E-state index contributed by atoms with van der Waals surface area (Å²) in [6.45, 7) is 0. The van der Waals surface area contributed by atoms with Gasteiger partial charge in [-0.25, -0.2) is 15.0 Å². The molecule has 8 heteroatoms. The molecule has 0 saturated heterocycles. The van der Waals surface area contributed by atoms with Crippen LogP contribution >= 0.6 is 0 Å². The van der Waals surface area contributed by atoms with Crippen molar-refractivity contribution in [1.29, 1.82) is 0 Å². The van der Waals surface area contributed by atoms with Gasteiger partial charge in [0.2, 0.25) is 5.95 Å². The summed E-state index contributed by atoms with van der Waals surface area (Å²) in [6, 6.07) is 10.9. The minimum atomic E-state index is -0.312. The molecule has 0 fully saturated rings. The fourth-order valence-corrected chi connectivity index (χ4v) is 3.01. The number of carbonyl (C=O) groups excluding carboxylic acids is 1. The summed E-state index contributed by atoms with van der Waals surface area (Å²) in [5.41, 5.74) is 4.42. The van der Waals surface area contributed by atoms with Gasteiger partial charge in [0.25, 0.3) is 5.91 Å². The Balaban J connectivity index is 1.45. The Morgan fingerprint density at radius 1 is 1.04 bits per heavy atom. The Morgan fingerprint density at radius 3 is 2.82 bits per heavy atom. The molecule has 0 saturated carbocycles. The standard InChI is InChI=1S/C20H14N6O2/c1-26-10-15(9-23-26)12-2-3-14-8-21-20(24-16(14)6-12)25-19(27)13-4-5-18-17(7-13)22-11-28-18/h2-11H,1H3,(H,21,24,25,27). The fourth-order valence-electron chi connectivity index (χ4n) is 3.01. The lowest BCUT2D eigenvalue weighted by Gasteiger charge is -2.06. The van der Waals surface area contributed by atoms with E-state index in [4.69, 9.17) is 4.42 Å². The first-order valence-corrected chi connectivity index (χ1v) is 8.56. The molecule has 3 aromatic heterocycles. The van der Waals surface area contributed by atoms with Crippen LogP contribution < -0.4 is 5.32 Å². The first-order valence-electron chi connectivity index (χ1n) is 8.56. The molecule has 5 rings (SSSR count). The van der Waals surface area contributed by atoms with Crippen molar-refractivity contribution in [3.63, 3.8) is 0 Å². The number of hydrogen-bond donors (Lipinski definition) is 1. The quantitative estimate of drug-likeness (QED) is 0.522. The molecule has 136 valence electrons. The van der Waals surface area contributed by atoms with E-state index in [1.807, 2.05) is 31.4 Å². The van der Waals surface area contributed by atoms with Crippen molar-refractivity contribution in [2.24, 2.45) is 7.05 Å². The minimum absolute atomic E-state index is 0.237. The Kier molecular flexibility index (Phi) is 3.61. The summed E-state index contributed by atoms with van der Waals surface area (Å²) in [7, 11) is 1.87. The number of rotatable bonds is 3. The lowest BCUT2D eigenvalue weighted by atomic mass is 10.1. The smallest absolute Gasteiger partial charge is 0.258 e. The molecule has 0 unspecified atom stereocenters. The summed E-state index contributed by atoms with van der Waals surface area (Å²) < 4.78 is 6.94. The molecule has 5 aromatic rings. The third-order valence-electron chi connectivity index (χ3n) is 4.44. The van der Waals surface area contributed by atoms with E-state index >= 15 is 0 Å². The number of fused-ring (bicyclic) bond motifs is 2. The van der Waals surface area contributed by atoms with Gasteiger partial charge in [0, 0.05) is 36.0 Å². The van der Waals surface area contributed by atoms with Crippen LogP contribution in [0.15, 0.2) is 65.8 Å². The molecule has 0 aliphatic rings. The molecular weight excluding hydrogens is 356 g/mol. The number of anilines is 1. The average molecular weight is 370 g/mol. The van der Waals surface area contributed by atoms with Gasteiger partial charge in [-0.1, -0.05) is 12.1 Å². The Bertz CT molecular complexity index is 1340. The van der Waals surface area contributed by atoms with Crippen LogP contribution in [0.25, 0.3) is 33.1 Å². The zero-order chi connectivity index (χ0) is 19.1. The summed E-state index contributed by atoms with van der Waals surface area (Å²) in [5.74, 6) is -0.0752. The largest absolute Gasteiger partial charge is 0.443 e. The molecule has 2 aromatic carbocycles. The fraction of sp³-hybridized carbons (Fsp3) is 0.0500. The van der Waals surface area contributed by atoms with Gasteiger partial charge in [-0.3, -0.25) is 14.8 Å². The van der Waals surface area contributed by atoms with Crippen molar-refractivity contribution in [2.75, 3.05) is 5.32 Å². The number of nitrogens with zero attached hydrogens (tertiary/aromatic N) is 5. The zero-order valence-corrected chi connectivity index (χ0v) is 14.8. The Hall–Kier alpha value is -4.07. The Labute approximate surface area is 158 Å². The second-order valence-corrected chi connectivity index (χ2v) is 6.36. The van der Waals surface area contributed by atoms with Crippen molar-refractivity contribution in [1.82, 2.24) is 24.7 Å². The highest BCUT2D eigenvalue weighted by atomic mass is 16.3. The van der Waals surface area contributed by atoms with Gasteiger partial charge in [0.1, 0.15) is 5.52 Å². The highest BCUT2D eigenvalue weighted by Gasteiger charge is 2.11. The number of hydrogen-bond acceptors (Lipinski definition) is 6. The molecule has 0 spiro atoms. The number of oxazole rings is 1. The Morgan fingerprint density at radius 2 is 1.96 bits per heavy atom. The van der Waals surface area contributed by atoms with Crippen molar-refractivity contribution in [3.05, 3.63) is 66.9 Å². The number of aromatic nitrogens is 5. The highest BCUT2D eigenvalue weighted by Crippen LogP contribution is 2.23. The average Bonchev–Trinajstić information content (AvgIpc) is 3.35. The van der Waals surface area contributed by atoms with Gasteiger partial charge in [0.15, 0.2) is 12.0 Å². The van der Waals surface area contributed by atoms with E-state index in [0.717, 1.165) is 22.0 Å². The van der Waals surface area contributed by atoms with Crippen LogP contribution in [0.1, 0.15) is 10.4 Å². The van der Waals surface area contributed by atoms with E-state index in [1.165, 1.54) is 6.39 Å². The van der Waals surface area contributed by atoms with Crippen LogP contribution in [-0.2, 0) is 7.05 Å². The van der Waals surface area contributed by atoms with E-state index in [2.05, 4.69) is 25.4 Å². The van der Waals surface area contributed by atoms with E-state index in [-0.39, 0.29) is 11.9 Å². The van der Waals surface area contributed by atoms with Crippen molar-refractivity contribution >= 4 is 33.9 Å². The van der Waals surface area contributed by atoms with Gasteiger partial charge in [-0.05, 0) is 29.8 Å². The van der Waals surface area contributed by atoms with Crippen molar-refractivity contribution in [3.8, 4) is 11.1 Å². The van der Waals surface area contributed by atoms with Crippen molar-refractivity contribution in [2.45, 2.75) is 0 Å². The molecule has 1 amide bonds. The third-order valence-corrected chi connectivity index (χ3v) is 4.44. The number of amides is 1. The lowest BCUT2D eigenvalue weighted by molar-refractivity contribution is 0.102. The number of benzene rings is 2. The molecule has 3 heterocycles. The van der Waals surface area contributed by atoms with Crippen molar-refractivity contribution < 1.29 is 9.21 Å². The molecule has 28 heavy (non-hydrogen) atoms. The summed E-state index contributed by atoms with van der Waals surface area (Å²) in [5, 5.41) is 7.81. The monoisotopic (exact) mass is 370 g/mol. The molecule has 0 aliphatic heterocycles. The minimum Gasteiger partial charge on any atom is -0.443 e. The normalized spacial score (nSPS) is 11.2. The van der Waals surface area contributed by atoms with Gasteiger partial charge in [0.05, 0.1) is 11.7 Å². The second-order valence-electron chi connectivity index (χ2n) is 6.36. The van der Waals surface area contributed by atoms with Crippen LogP contribution in [0, 0.1) is 0 Å². The number of carbonyl (C=O) groups is 1. The van der Waals surface area contributed by atoms with Gasteiger partial charge in [-0.2, -0.15) is 5.10 Å². The molecular formula is C20H14N6O2. The van der Waals surface area contributed by atoms with Gasteiger partial charge in [-0.15, -0.1) is 0 Å². The van der Waals surface area contributed by atoms with E-state index in [0.29, 0.717) is 16.7 Å². The molecule has 0 bridgehead atoms. The van der Waals surface area contributed by atoms with E-state index in [1.54, 1.807) is 35.3 Å². The first kappa shape index (κ1) is 16.1. The van der Waals surface area contributed by atoms with Crippen LogP contribution in [0.3, 0.4) is 0 Å². The van der Waals surface area contributed by atoms with Crippen LogP contribution in [0.5, 0.6) is 0 Å². The maximum Gasteiger partial charge on any atom is 0.258 e. The van der Waals surface area contributed by atoms with E-state index < -0.39 is 0 Å². The second kappa shape index (κ2) is 6.27. The predicted molar refractivity (Wildman–Crippen MR) is 104 cm³/mol. The maximum absolute atomic E-state index is 12.5. The topological polar surface area (TPSA) is 98.7 Å². The summed E-state index contributed by atoms with van der Waals surface area (Å²) in [6.07, 6.45) is 6.76. The first-order chi connectivity index (χ1) is 13.7. The van der Waals surface area contributed by atoms with Crippen LogP contribution in [0.4, 0.5) is 5.95 Å². The molecule has 0 aliphatic carbocycles. The predicted octanol–water partition coefficient (Wildman–Crippen LogP) is 3.42. The van der Waals surface area contributed by atoms with E-state index in [9.17, 15) is 4.79 Å². The molecule has 1 N–H and O–H groups in total. The summed E-state index contributed by atoms with van der Waals surface area (Å²) in [4.78, 5) is 25.3. The highest BCUT2D eigenvalue weighted by molar-refractivity contribution is 6.05. The number of nitrogens with one attached hydrogen (secondary N) is 1. The van der Waals surface area contributed by atoms with Gasteiger partial charge >= 0.3 is 0 Å². The molecule has 0 radical (unpaired) electrons. The third kappa shape index (κ3) is 2.86. The van der Waals surface area contributed by atoms with Crippen LogP contribution in [-0.4, -0.2) is 30.6 Å². The van der Waals surface area contributed by atoms with Crippen LogP contribution in [0.2, 0.25) is 0 Å². The number of aryl methyl sites for hydroxylation is 1.